The van der Waals surface area contributed by atoms with Gasteiger partial charge in [0.25, 0.3) is 0 Å². The van der Waals surface area contributed by atoms with Gasteiger partial charge in [0.2, 0.25) is 0 Å². The van der Waals surface area contributed by atoms with Gasteiger partial charge in [0, 0.05) is 0 Å². The smallest absolute Gasteiger partial charge is 0.0573 e. The summed E-state index contributed by atoms with van der Waals surface area (Å²) >= 11 is 0. The maximum Gasteiger partial charge on any atom is 0.0573 e. The molecule has 0 aromatic carbocycles. The third kappa shape index (κ3) is 9.45. The topological polar surface area (TPSA) is 20.2 Å². The molecule has 0 spiro atoms. The van der Waals surface area contributed by atoms with E-state index in [2.05, 4.69) is 20.8 Å². The summed E-state index contributed by atoms with van der Waals surface area (Å²) in [6, 6.07) is 0. The average Bonchev–Trinajstić information content (AvgIpc) is 3.03. The molecule has 1 N–H and O–H groups in total. The molecule has 2 fully saturated rings. The van der Waals surface area contributed by atoms with Crippen molar-refractivity contribution in [2.24, 2.45) is 23.2 Å². The van der Waals surface area contributed by atoms with E-state index in [1.54, 1.807) is 0 Å². The summed E-state index contributed by atoms with van der Waals surface area (Å²) < 4.78 is 0. The molecule has 0 aromatic heterocycles. The van der Waals surface area contributed by atoms with Gasteiger partial charge in [0.05, 0.1) is 6.10 Å². The summed E-state index contributed by atoms with van der Waals surface area (Å²) in [5.41, 5.74) is 0.463. The summed E-state index contributed by atoms with van der Waals surface area (Å²) in [6.45, 7) is 23.1. The van der Waals surface area contributed by atoms with E-state index in [0.717, 1.165) is 18.3 Å². The number of aliphatic hydroxyl groups is 1. The lowest BCUT2D eigenvalue weighted by atomic mass is 9.63. The first-order chi connectivity index (χ1) is 12.1. The second kappa shape index (κ2) is 18.7. The van der Waals surface area contributed by atoms with Crippen LogP contribution >= 0.6 is 0 Å². The minimum Gasteiger partial charge on any atom is -0.393 e. The normalized spacial score (nSPS) is 30.5. The fraction of sp³-hybridized carbons (Fsp3) is 1.00. The van der Waals surface area contributed by atoms with Crippen LogP contribution in [0.3, 0.4) is 0 Å². The van der Waals surface area contributed by atoms with Crippen LogP contribution in [0.5, 0.6) is 0 Å². The van der Waals surface area contributed by atoms with Crippen molar-refractivity contribution in [1.29, 1.82) is 0 Å². The SMILES string of the molecule is CC.CC.CC.CC.CCC(C)CCC1CCC2C(O)CCCC12C. The molecule has 0 aliphatic heterocycles. The van der Waals surface area contributed by atoms with Gasteiger partial charge in [-0.3, -0.25) is 0 Å². The molecular formula is C24H54O. The van der Waals surface area contributed by atoms with Gasteiger partial charge in [-0.1, -0.05) is 95.4 Å². The van der Waals surface area contributed by atoms with Crippen LogP contribution in [0.15, 0.2) is 0 Å². The third-order valence-electron chi connectivity index (χ3n) is 5.99. The van der Waals surface area contributed by atoms with E-state index in [4.69, 9.17) is 0 Å². The molecule has 5 unspecified atom stereocenters. The van der Waals surface area contributed by atoms with Crippen LogP contribution < -0.4 is 0 Å². The molecule has 2 rings (SSSR count). The lowest BCUT2D eigenvalue weighted by molar-refractivity contribution is -0.0191. The predicted octanol–water partition coefficient (Wildman–Crippen LogP) is 8.49. The largest absolute Gasteiger partial charge is 0.393 e. The molecule has 0 bridgehead atoms. The van der Waals surface area contributed by atoms with Gasteiger partial charge >= 0.3 is 0 Å². The van der Waals surface area contributed by atoms with Crippen molar-refractivity contribution in [2.45, 2.75) is 134 Å². The van der Waals surface area contributed by atoms with Gasteiger partial charge in [-0.15, -0.1) is 0 Å². The quantitative estimate of drug-likeness (QED) is 0.534. The van der Waals surface area contributed by atoms with Gasteiger partial charge in [0.15, 0.2) is 0 Å². The Morgan fingerprint density at radius 2 is 1.44 bits per heavy atom. The second-order valence-electron chi connectivity index (χ2n) is 6.94. The van der Waals surface area contributed by atoms with E-state index in [1.165, 1.54) is 44.9 Å². The number of fused-ring (bicyclic) bond motifs is 1. The van der Waals surface area contributed by atoms with E-state index >= 15 is 0 Å². The zero-order valence-corrected chi connectivity index (χ0v) is 19.9. The van der Waals surface area contributed by atoms with Crippen LogP contribution in [0.25, 0.3) is 0 Å². The van der Waals surface area contributed by atoms with Crippen molar-refractivity contribution in [1.82, 2.24) is 0 Å². The second-order valence-corrected chi connectivity index (χ2v) is 6.94. The summed E-state index contributed by atoms with van der Waals surface area (Å²) in [4.78, 5) is 0. The van der Waals surface area contributed by atoms with E-state index in [-0.39, 0.29) is 6.10 Å². The van der Waals surface area contributed by atoms with E-state index < -0.39 is 0 Å². The minimum absolute atomic E-state index is 0.00217. The molecule has 0 radical (unpaired) electrons. The fourth-order valence-corrected chi connectivity index (χ4v) is 4.42. The molecule has 5 atom stereocenters. The Bertz CT molecular complexity index is 250. The molecule has 0 saturated heterocycles. The first kappa shape index (κ1) is 29.7. The highest BCUT2D eigenvalue weighted by molar-refractivity contribution is 5.00. The lowest BCUT2D eigenvalue weighted by Crippen LogP contribution is -2.39. The van der Waals surface area contributed by atoms with Crippen molar-refractivity contribution in [2.75, 3.05) is 0 Å². The Hall–Kier alpha value is -0.0400. The molecule has 1 heteroatoms. The third-order valence-corrected chi connectivity index (χ3v) is 5.99. The van der Waals surface area contributed by atoms with Crippen LogP contribution in [0.4, 0.5) is 0 Å². The van der Waals surface area contributed by atoms with Crippen molar-refractivity contribution in [3.63, 3.8) is 0 Å². The predicted molar refractivity (Wildman–Crippen MR) is 118 cm³/mol. The molecule has 156 valence electrons. The van der Waals surface area contributed by atoms with Crippen LogP contribution in [0.2, 0.25) is 0 Å². The molecular weight excluding hydrogens is 304 g/mol. The van der Waals surface area contributed by atoms with E-state index in [1.807, 2.05) is 55.4 Å². The molecule has 2 aliphatic rings. The Kier molecular flexibility index (Phi) is 22.3. The number of hydrogen-bond acceptors (Lipinski definition) is 1. The zero-order chi connectivity index (χ0) is 20.5. The number of hydrogen-bond donors (Lipinski definition) is 1. The molecule has 25 heavy (non-hydrogen) atoms. The van der Waals surface area contributed by atoms with Crippen molar-refractivity contribution >= 4 is 0 Å². The summed E-state index contributed by atoms with van der Waals surface area (Å²) in [7, 11) is 0. The Morgan fingerprint density at radius 1 is 0.920 bits per heavy atom. The Labute approximate surface area is 162 Å². The highest BCUT2D eigenvalue weighted by Crippen LogP contribution is 2.56. The summed E-state index contributed by atoms with van der Waals surface area (Å²) in [5.74, 6) is 2.38. The highest BCUT2D eigenvalue weighted by Gasteiger charge is 2.50. The molecule has 1 nitrogen and oxygen atoms in total. The van der Waals surface area contributed by atoms with Gasteiger partial charge < -0.3 is 5.11 Å². The van der Waals surface area contributed by atoms with Crippen LogP contribution in [-0.2, 0) is 0 Å². The molecule has 0 heterocycles. The first-order valence-electron chi connectivity index (χ1n) is 11.8. The lowest BCUT2D eigenvalue weighted by Gasteiger charge is -2.43. The van der Waals surface area contributed by atoms with Crippen molar-refractivity contribution < 1.29 is 5.11 Å². The number of rotatable bonds is 4. The van der Waals surface area contributed by atoms with Gasteiger partial charge in [0.1, 0.15) is 0 Å². The number of aliphatic hydroxyl groups excluding tert-OH is 1. The van der Waals surface area contributed by atoms with Crippen molar-refractivity contribution in [3.05, 3.63) is 0 Å². The first-order valence-corrected chi connectivity index (χ1v) is 11.8. The summed E-state index contributed by atoms with van der Waals surface area (Å²) in [5, 5.41) is 10.2. The fourth-order valence-electron chi connectivity index (χ4n) is 4.42. The highest BCUT2D eigenvalue weighted by atomic mass is 16.3. The maximum absolute atomic E-state index is 10.2. The van der Waals surface area contributed by atoms with Gasteiger partial charge in [-0.05, 0) is 55.3 Å². The van der Waals surface area contributed by atoms with Crippen LogP contribution in [-0.4, -0.2) is 11.2 Å². The van der Waals surface area contributed by atoms with Gasteiger partial charge in [-0.25, -0.2) is 0 Å². The molecule has 0 amide bonds. The van der Waals surface area contributed by atoms with Crippen LogP contribution in [0, 0.1) is 23.2 Å². The zero-order valence-electron chi connectivity index (χ0n) is 19.9. The molecule has 2 aliphatic carbocycles. The molecule has 0 aromatic rings. The summed E-state index contributed by atoms with van der Waals surface area (Å²) in [6.07, 6.45) is 10.4. The monoisotopic (exact) mass is 358 g/mol. The molecule has 2 saturated carbocycles. The average molecular weight is 359 g/mol. The Balaban J connectivity index is -0.000000533. The Morgan fingerprint density at radius 3 is 1.92 bits per heavy atom. The standard InChI is InChI=1S/C16H30O.4C2H6/c1-4-12(2)7-8-13-9-10-14-15(17)6-5-11-16(13,14)3;4*1-2/h12-15,17H,4-11H2,1-3H3;4*1-2H3. The van der Waals surface area contributed by atoms with Crippen molar-refractivity contribution in [3.8, 4) is 0 Å². The minimum atomic E-state index is 0.00217. The van der Waals surface area contributed by atoms with Crippen LogP contribution in [0.1, 0.15) is 128 Å². The van der Waals surface area contributed by atoms with E-state index in [0.29, 0.717) is 11.3 Å². The maximum atomic E-state index is 10.2. The van der Waals surface area contributed by atoms with E-state index in [9.17, 15) is 5.11 Å². The van der Waals surface area contributed by atoms with Gasteiger partial charge in [-0.2, -0.15) is 0 Å².